The first-order valence-electron chi connectivity index (χ1n) is 9.59. The first-order valence-corrected chi connectivity index (χ1v) is 11.5. The Labute approximate surface area is 172 Å². The van der Waals surface area contributed by atoms with Crippen molar-refractivity contribution >= 4 is 39.2 Å². The average Bonchev–Trinajstić information content (AvgIpc) is 3.22. The van der Waals surface area contributed by atoms with Crippen LogP contribution in [0.3, 0.4) is 0 Å². The second kappa shape index (κ2) is 8.49. The van der Waals surface area contributed by atoms with Crippen LogP contribution in [0.1, 0.15) is 32.1 Å². The maximum Gasteiger partial charge on any atom is 0.276 e. The van der Waals surface area contributed by atoms with Crippen molar-refractivity contribution in [3.8, 4) is 5.69 Å². The highest BCUT2D eigenvalue weighted by Gasteiger charge is 2.23. The van der Waals surface area contributed by atoms with E-state index < -0.39 is 0 Å². The molecule has 5 nitrogen and oxygen atoms in total. The Balaban J connectivity index is 1.61. The van der Waals surface area contributed by atoms with Gasteiger partial charge in [-0.15, -0.1) is 11.3 Å². The Morgan fingerprint density at radius 3 is 2.71 bits per heavy atom. The van der Waals surface area contributed by atoms with E-state index in [4.69, 9.17) is 0 Å². The number of para-hydroxylation sites is 1. The van der Waals surface area contributed by atoms with Crippen LogP contribution in [0.25, 0.3) is 15.9 Å². The topological polar surface area (TPSA) is 55.2 Å². The number of hydrogen-bond acceptors (Lipinski definition) is 5. The number of thioether (sulfide) groups is 1. The first-order chi connectivity index (χ1) is 13.6. The summed E-state index contributed by atoms with van der Waals surface area (Å²) in [5.74, 6) is 0.373. The number of benzene rings is 1. The zero-order valence-electron chi connectivity index (χ0n) is 15.8. The second-order valence-electron chi connectivity index (χ2n) is 7.09. The number of rotatable bonds is 5. The van der Waals surface area contributed by atoms with Crippen molar-refractivity contribution in [2.75, 3.05) is 12.8 Å². The fourth-order valence-electron chi connectivity index (χ4n) is 3.69. The van der Waals surface area contributed by atoms with Crippen molar-refractivity contribution in [1.29, 1.82) is 0 Å². The standard InChI is InChI=1S/C21H23N3O2S2/c1-23(15-8-4-2-5-9-15)18(25)14-28-21-22-17-12-13-27-19(17)20(26)24(21)16-10-6-3-7-11-16/h3,6-7,10-13,15H,2,4-5,8-9,14H2,1H3. The van der Waals surface area contributed by atoms with E-state index in [0.717, 1.165) is 18.5 Å². The Morgan fingerprint density at radius 2 is 1.96 bits per heavy atom. The number of carbonyl (C=O) groups is 1. The molecule has 4 rings (SSSR count). The molecule has 146 valence electrons. The molecule has 1 fully saturated rings. The molecule has 1 saturated carbocycles. The predicted octanol–water partition coefficient (Wildman–Crippen LogP) is 4.33. The van der Waals surface area contributed by atoms with Crippen LogP contribution in [-0.4, -0.2) is 39.2 Å². The Hall–Kier alpha value is -2.12. The Kier molecular flexibility index (Phi) is 5.82. The number of aromatic nitrogens is 2. The van der Waals surface area contributed by atoms with Crippen LogP contribution in [0.2, 0.25) is 0 Å². The molecule has 0 aliphatic heterocycles. The van der Waals surface area contributed by atoms with E-state index in [1.54, 1.807) is 4.57 Å². The largest absolute Gasteiger partial charge is 0.342 e. The molecule has 0 radical (unpaired) electrons. The molecule has 3 aromatic rings. The molecule has 0 unspecified atom stereocenters. The number of amides is 1. The fraction of sp³-hybridized carbons (Fsp3) is 0.381. The zero-order valence-corrected chi connectivity index (χ0v) is 17.5. The zero-order chi connectivity index (χ0) is 19.5. The molecule has 1 aliphatic rings. The van der Waals surface area contributed by atoms with Gasteiger partial charge in [-0.25, -0.2) is 4.98 Å². The third-order valence-corrected chi connectivity index (χ3v) is 7.12. The summed E-state index contributed by atoms with van der Waals surface area (Å²) in [6.45, 7) is 0. The molecule has 1 aliphatic carbocycles. The van der Waals surface area contributed by atoms with Crippen LogP contribution in [0.5, 0.6) is 0 Å². The Morgan fingerprint density at radius 1 is 1.21 bits per heavy atom. The monoisotopic (exact) mass is 413 g/mol. The van der Waals surface area contributed by atoms with E-state index in [0.29, 0.717) is 21.4 Å². The SMILES string of the molecule is CN(C(=O)CSc1nc2ccsc2c(=O)n1-c1ccccc1)C1CCCCC1. The molecule has 0 N–H and O–H groups in total. The summed E-state index contributed by atoms with van der Waals surface area (Å²) in [5, 5.41) is 2.44. The predicted molar refractivity (Wildman–Crippen MR) is 116 cm³/mol. The van der Waals surface area contributed by atoms with E-state index in [1.165, 1.54) is 42.4 Å². The van der Waals surface area contributed by atoms with Crippen molar-refractivity contribution in [3.63, 3.8) is 0 Å². The second-order valence-corrected chi connectivity index (χ2v) is 8.95. The van der Waals surface area contributed by atoms with Gasteiger partial charge in [-0.05, 0) is 36.4 Å². The van der Waals surface area contributed by atoms with Crippen LogP contribution in [-0.2, 0) is 4.79 Å². The lowest BCUT2D eigenvalue weighted by Gasteiger charge is -2.31. The van der Waals surface area contributed by atoms with Crippen molar-refractivity contribution in [1.82, 2.24) is 14.5 Å². The van der Waals surface area contributed by atoms with Gasteiger partial charge < -0.3 is 4.90 Å². The highest BCUT2D eigenvalue weighted by Crippen LogP contribution is 2.25. The van der Waals surface area contributed by atoms with Gasteiger partial charge in [-0.1, -0.05) is 49.2 Å². The van der Waals surface area contributed by atoms with Crippen molar-refractivity contribution in [2.24, 2.45) is 0 Å². The van der Waals surface area contributed by atoms with Gasteiger partial charge in [-0.3, -0.25) is 14.2 Å². The third kappa shape index (κ3) is 3.86. The van der Waals surface area contributed by atoms with Crippen molar-refractivity contribution < 1.29 is 4.79 Å². The van der Waals surface area contributed by atoms with E-state index in [9.17, 15) is 9.59 Å². The number of fused-ring (bicyclic) bond motifs is 1. The van der Waals surface area contributed by atoms with E-state index >= 15 is 0 Å². The molecule has 7 heteroatoms. The molecular formula is C21H23N3O2S2. The Bertz CT molecular complexity index is 1020. The third-order valence-electron chi connectivity index (χ3n) is 5.30. The molecule has 0 atom stereocenters. The number of thiophene rings is 1. The molecule has 28 heavy (non-hydrogen) atoms. The van der Waals surface area contributed by atoms with Crippen LogP contribution < -0.4 is 5.56 Å². The van der Waals surface area contributed by atoms with Crippen molar-refractivity contribution in [3.05, 3.63) is 52.1 Å². The lowest BCUT2D eigenvalue weighted by Crippen LogP contribution is -2.39. The van der Waals surface area contributed by atoms with Gasteiger partial charge in [-0.2, -0.15) is 0 Å². The summed E-state index contributed by atoms with van der Waals surface area (Å²) >= 11 is 2.74. The van der Waals surface area contributed by atoms with Crippen LogP contribution >= 0.6 is 23.1 Å². The minimum absolute atomic E-state index is 0.0817. The van der Waals surface area contributed by atoms with Gasteiger partial charge in [0.15, 0.2) is 5.16 Å². The van der Waals surface area contributed by atoms with Gasteiger partial charge in [0, 0.05) is 13.1 Å². The van der Waals surface area contributed by atoms with E-state index in [2.05, 4.69) is 4.98 Å². The van der Waals surface area contributed by atoms with E-state index in [1.807, 2.05) is 53.7 Å². The van der Waals surface area contributed by atoms with Gasteiger partial charge in [0.2, 0.25) is 5.91 Å². The minimum Gasteiger partial charge on any atom is -0.342 e. The lowest BCUT2D eigenvalue weighted by molar-refractivity contribution is -0.129. The van der Waals surface area contributed by atoms with Gasteiger partial charge in [0.05, 0.1) is 17.0 Å². The minimum atomic E-state index is -0.0817. The molecule has 0 spiro atoms. The smallest absolute Gasteiger partial charge is 0.276 e. The average molecular weight is 414 g/mol. The van der Waals surface area contributed by atoms with Crippen LogP contribution in [0.15, 0.2) is 51.7 Å². The van der Waals surface area contributed by atoms with Crippen LogP contribution in [0, 0.1) is 0 Å². The number of hydrogen-bond donors (Lipinski definition) is 0. The van der Waals surface area contributed by atoms with Gasteiger partial charge >= 0.3 is 0 Å². The quantitative estimate of drug-likeness (QED) is 0.461. The lowest BCUT2D eigenvalue weighted by atomic mass is 9.94. The normalized spacial score (nSPS) is 15.0. The van der Waals surface area contributed by atoms with E-state index in [-0.39, 0.29) is 17.2 Å². The molecule has 0 saturated heterocycles. The molecular weight excluding hydrogens is 390 g/mol. The van der Waals surface area contributed by atoms with Crippen LogP contribution in [0.4, 0.5) is 0 Å². The molecule has 0 bridgehead atoms. The number of carbonyl (C=O) groups excluding carboxylic acids is 1. The molecule has 1 amide bonds. The molecule has 2 aromatic heterocycles. The highest BCUT2D eigenvalue weighted by atomic mass is 32.2. The summed E-state index contributed by atoms with van der Waals surface area (Å²) in [5.41, 5.74) is 1.38. The fourth-order valence-corrected chi connectivity index (χ4v) is 5.39. The maximum absolute atomic E-state index is 13.1. The summed E-state index contributed by atoms with van der Waals surface area (Å²) in [6, 6.07) is 11.7. The van der Waals surface area contributed by atoms with Gasteiger partial charge in [0.1, 0.15) is 4.70 Å². The maximum atomic E-state index is 13.1. The number of nitrogens with zero attached hydrogens (tertiary/aromatic N) is 3. The van der Waals surface area contributed by atoms with Gasteiger partial charge in [0.25, 0.3) is 5.56 Å². The van der Waals surface area contributed by atoms with Crippen molar-refractivity contribution in [2.45, 2.75) is 43.3 Å². The molecule has 1 aromatic carbocycles. The summed E-state index contributed by atoms with van der Waals surface area (Å²) in [7, 11) is 1.90. The highest BCUT2D eigenvalue weighted by molar-refractivity contribution is 7.99. The first kappa shape index (κ1) is 19.2. The summed E-state index contributed by atoms with van der Waals surface area (Å²) in [4.78, 5) is 32.4. The summed E-state index contributed by atoms with van der Waals surface area (Å²) in [6.07, 6.45) is 5.82. The molecule has 2 heterocycles. The summed E-state index contributed by atoms with van der Waals surface area (Å²) < 4.78 is 2.26.